The van der Waals surface area contributed by atoms with E-state index in [2.05, 4.69) is 203 Å². The minimum atomic E-state index is 0.826. The summed E-state index contributed by atoms with van der Waals surface area (Å²) >= 11 is 3.63. The molecule has 0 spiro atoms. The number of thiophene rings is 2. The highest BCUT2D eigenvalue weighted by molar-refractivity contribution is 7.27. The average Bonchev–Trinajstić information content (AvgIpc) is 4.10. The number of aromatic nitrogens is 4. The second-order valence-electron chi connectivity index (χ2n) is 16.8. The minimum absolute atomic E-state index is 0.826. The lowest BCUT2D eigenvalue weighted by molar-refractivity contribution is 1.09. The van der Waals surface area contributed by atoms with Crippen LogP contribution in [0.1, 0.15) is 0 Å². The molecule has 0 bridgehead atoms. The Hall–Kier alpha value is -7.90. The standard InChI is InChI=1S/C58H32N4S2/c1-2-16-36(17-3-1)61-45-24-12-10-20-39(45)43-31-35(26-27-47(43)61)54-57(59-55-44-30-33-14-4-5-15-34(33)32-50(44)64-58(55)60-54)62-46-25-13-11-23-42(46)51-48(62)28-29-49-53(51)52-40-21-8-6-18-37(40)38-19-7-9-22-41(38)56(52)63-49/h1-32H. The summed E-state index contributed by atoms with van der Waals surface area (Å²) in [6, 6.07) is 70.8. The van der Waals surface area contributed by atoms with Crippen LogP contribution in [0.4, 0.5) is 0 Å². The van der Waals surface area contributed by atoms with Gasteiger partial charge in [-0.25, -0.2) is 9.97 Å². The number of para-hydroxylation sites is 3. The van der Waals surface area contributed by atoms with Crippen LogP contribution < -0.4 is 0 Å². The molecule has 15 rings (SSSR count). The summed E-state index contributed by atoms with van der Waals surface area (Å²) in [4.78, 5) is 12.4. The van der Waals surface area contributed by atoms with Crippen molar-refractivity contribution in [2.45, 2.75) is 0 Å². The van der Waals surface area contributed by atoms with E-state index in [-0.39, 0.29) is 0 Å². The van der Waals surface area contributed by atoms with Crippen molar-refractivity contribution >= 4 is 139 Å². The molecule has 4 nitrogen and oxygen atoms in total. The Labute approximate surface area is 373 Å². The highest BCUT2D eigenvalue weighted by Gasteiger charge is 2.25. The van der Waals surface area contributed by atoms with Gasteiger partial charge in [-0.3, -0.25) is 4.57 Å². The van der Waals surface area contributed by atoms with E-state index in [1.165, 1.54) is 84.3 Å². The van der Waals surface area contributed by atoms with Crippen LogP contribution in [0.5, 0.6) is 0 Å². The van der Waals surface area contributed by atoms with Crippen LogP contribution in [0.25, 0.3) is 139 Å². The van der Waals surface area contributed by atoms with Crippen LogP contribution in [-0.2, 0) is 0 Å². The Balaban J connectivity index is 1.09. The predicted octanol–water partition coefficient (Wildman–Crippen LogP) is 16.5. The van der Waals surface area contributed by atoms with Crippen molar-refractivity contribution in [1.82, 2.24) is 19.1 Å². The summed E-state index contributed by atoms with van der Waals surface area (Å²) in [6.45, 7) is 0. The van der Waals surface area contributed by atoms with Gasteiger partial charge in [-0.1, -0.05) is 133 Å². The molecule has 5 heterocycles. The Morgan fingerprint density at radius 1 is 0.359 bits per heavy atom. The molecule has 0 fully saturated rings. The predicted molar refractivity (Wildman–Crippen MR) is 274 cm³/mol. The molecular formula is C58H32N4S2. The van der Waals surface area contributed by atoms with Gasteiger partial charge >= 0.3 is 0 Å². The molecular weight excluding hydrogens is 817 g/mol. The largest absolute Gasteiger partial charge is 0.309 e. The van der Waals surface area contributed by atoms with E-state index in [4.69, 9.17) is 9.97 Å². The zero-order valence-electron chi connectivity index (χ0n) is 34.1. The molecule has 15 aromatic rings. The van der Waals surface area contributed by atoms with Crippen molar-refractivity contribution in [2.24, 2.45) is 0 Å². The van der Waals surface area contributed by atoms with Gasteiger partial charge in [-0.15, -0.1) is 22.7 Å². The van der Waals surface area contributed by atoms with Gasteiger partial charge in [0.05, 0.1) is 22.1 Å². The fourth-order valence-electron chi connectivity index (χ4n) is 10.8. The molecule has 5 aromatic heterocycles. The van der Waals surface area contributed by atoms with Gasteiger partial charge < -0.3 is 4.57 Å². The highest BCUT2D eigenvalue weighted by atomic mass is 32.1. The average molecular weight is 849 g/mol. The van der Waals surface area contributed by atoms with Gasteiger partial charge in [0.1, 0.15) is 16.0 Å². The zero-order valence-corrected chi connectivity index (χ0v) is 35.7. The van der Waals surface area contributed by atoms with Gasteiger partial charge in [0.2, 0.25) is 0 Å². The molecule has 0 atom stereocenters. The number of hydrogen-bond acceptors (Lipinski definition) is 4. The molecule has 0 aliphatic rings. The molecule has 0 saturated carbocycles. The lowest BCUT2D eigenvalue weighted by atomic mass is 9.96. The first-order valence-electron chi connectivity index (χ1n) is 21.7. The third kappa shape index (κ3) is 4.65. The number of fused-ring (bicyclic) bond motifs is 19. The molecule has 6 heteroatoms. The zero-order chi connectivity index (χ0) is 41.6. The molecule has 0 amide bonds. The van der Waals surface area contributed by atoms with E-state index in [9.17, 15) is 0 Å². The number of rotatable bonds is 3. The fraction of sp³-hybridized carbons (Fsp3) is 0. The summed E-state index contributed by atoms with van der Waals surface area (Å²) in [7, 11) is 0. The second kappa shape index (κ2) is 12.8. The quantitative estimate of drug-likeness (QED) is 0.166. The van der Waals surface area contributed by atoms with Crippen molar-refractivity contribution in [1.29, 1.82) is 0 Å². The van der Waals surface area contributed by atoms with Gasteiger partial charge in [-0.05, 0) is 87.6 Å². The fourth-order valence-corrected chi connectivity index (χ4v) is 13.1. The van der Waals surface area contributed by atoms with E-state index in [0.29, 0.717) is 0 Å². The summed E-state index contributed by atoms with van der Waals surface area (Å²) < 4.78 is 8.57. The summed E-state index contributed by atoms with van der Waals surface area (Å²) in [5.41, 5.74) is 8.51. The first-order chi connectivity index (χ1) is 31.7. The summed E-state index contributed by atoms with van der Waals surface area (Å²) in [5, 5.41) is 16.2. The molecule has 0 saturated heterocycles. The smallest absolute Gasteiger partial charge is 0.165 e. The van der Waals surface area contributed by atoms with Crippen LogP contribution >= 0.6 is 22.7 Å². The van der Waals surface area contributed by atoms with Crippen LogP contribution in [0, 0.1) is 0 Å². The monoisotopic (exact) mass is 848 g/mol. The Bertz CT molecular complexity index is 4490. The normalized spacial score (nSPS) is 12.4. The summed E-state index contributed by atoms with van der Waals surface area (Å²) in [6.07, 6.45) is 0. The van der Waals surface area contributed by atoms with Crippen LogP contribution in [0.15, 0.2) is 194 Å². The maximum Gasteiger partial charge on any atom is 0.165 e. The van der Waals surface area contributed by atoms with Gasteiger partial charge in [-0.2, -0.15) is 0 Å². The minimum Gasteiger partial charge on any atom is -0.309 e. The van der Waals surface area contributed by atoms with Gasteiger partial charge in [0.25, 0.3) is 0 Å². The topological polar surface area (TPSA) is 35.6 Å². The van der Waals surface area contributed by atoms with Gasteiger partial charge in [0, 0.05) is 68.4 Å². The maximum absolute atomic E-state index is 5.81. The SMILES string of the molecule is c1ccc(-n2c3ccccc3c3cc(-c4nc5sc6cc7ccccc7cc6c5nc4-n4c5ccccc5c5c6c(ccc54)sc4c5ccccc5c5ccccc5c46)ccc32)cc1. The third-order valence-electron chi connectivity index (χ3n) is 13.5. The lowest BCUT2D eigenvalue weighted by Gasteiger charge is -2.13. The Kier molecular flexibility index (Phi) is 6.95. The Morgan fingerprint density at radius 3 is 1.80 bits per heavy atom. The van der Waals surface area contributed by atoms with Crippen LogP contribution in [-0.4, -0.2) is 19.1 Å². The molecule has 10 aromatic carbocycles. The molecule has 0 radical (unpaired) electrons. The van der Waals surface area contributed by atoms with Crippen molar-refractivity contribution < 1.29 is 0 Å². The Morgan fingerprint density at radius 2 is 0.984 bits per heavy atom. The van der Waals surface area contributed by atoms with Crippen molar-refractivity contribution in [2.75, 3.05) is 0 Å². The van der Waals surface area contributed by atoms with E-state index < -0.39 is 0 Å². The third-order valence-corrected chi connectivity index (χ3v) is 15.7. The van der Waals surface area contributed by atoms with Crippen molar-refractivity contribution in [3.05, 3.63) is 194 Å². The molecule has 0 unspecified atom stereocenters. The highest BCUT2D eigenvalue weighted by Crippen LogP contribution is 2.49. The van der Waals surface area contributed by atoms with E-state index in [0.717, 1.165) is 55.0 Å². The molecule has 296 valence electrons. The first kappa shape index (κ1) is 34.7. The first-order valence-corrected chi connectivity index (χ1v) is 23.3. The molecule has 0 aliphatic heterocycles. The molecule has 0 N–H and O–H groups in total. The van der Waals surface area contributed by atoms with E-state index in [1.807, 2.05) is 11.3 Å². The molecule has 0 aliphatic carbocycles. The maximum atomic E-state index is 5.81. The number of benzene rings is 10. The lowest BCUT2D eigenvalue weighted by Crippen LogP contribution is -2.03. The van der Waals surface area contributed by atoms with Crippen LogP contribution in [0.3, 0.4) is 0 Å². The van der Waals surface area contributed by atoms with E-state index in [1.54, 1.807) is 11.3 Å². The second-order valence-corrected chi connectivity index (χ2v) is 18.9. The van der Waals surface area contributed by atoms with Crippen LogP contribution in [0.2, 0.25) is 0 Å². The molecule has 64 heavy (non-hydrogen) atoms. The van der Waals surface area contributed by atoms with Crippen molar-refractivity contribution in [3.63, 3.8) is 0 Å². The number of hydrogen-bond donors (Lipinski definition) is 0. The van der Waals surface area contributed by atoms with Crippen molar-refractivity contribution in [3.8, 4) is 22.8 Å². The summed E-state index contributed by atoms with van der Waals surface area (Å²) in [5.74, 6) is 0.826. The van der Waals surface area contributed by atoms with Gasteiger partial charge in [0.15, 0.2) is 5.82 Å². The number of nitrogens with zero attached hydrogens (tertiary/aromatic N) is 4. The van der Waals surface area contributed by atoms with E-state index >= 15 is 0 Å².